The summed E-state index contributed by atoms with van der Waals surface area (Å²) in [6, 6.07) is 5.99. The average molecular weight is 354 g/mol. The van der Waals surface area contributed by atoms with Crippen LogP contribution in [0.25, 0.3) is 0 Å². The molecule has 1 aliphatic heterocycles. The number of hydrogen-bond acceptors (Lipinski definition) is 5. The highest BCUT2D eigenvalue weighted by Crippen LogP contribution is 2.38. The third kappa shape index (κ3) is 3.57. The summed E-state index contributed by atoms with van der Waals surface area (Å²) in [7, 11) is 0. The van der Waals surface area contributed by atoms with Crippen LogP contribution in [0.2, 0.25) is 0 Å². The zero-order valence-electron chi connectivity index (χ0n) is 15.6. The van der Waals surface area contributed by atoms with Crippen molar-refractivity contribution in [1.29, 1.82) is 0 Å². The van der Waals surface area contributed by atoms with Crippen LogP contribution in [-0.2, 0) is 5.41 Å². The maximum Gasteiger partial charge on any atom is 0.271 e. The second kappa shape index (κ2) is 6.37. The molecule has 26 heavy (non-hydrogen) atoms. The number of carbonyl (C=O) groups is 1. The summed E-state index contributed by atoms with van der Waals surface area (Å²) in [5.74, 6) is 1.88. The van der Waals surface area contributed by atoms with Gasteiger partial charge in [0, 0.05) is 42.6 Å². The summed E-state index contributed by atoms with van der Waals surface area (Å²) in [5.41, 5.74) is 2.49. The fraction of sp³-hybridized carbons (Fsp3) is 0.579. The molecule has 2 aromatic rings. The molecule has 7 nitrogen and oxygen atoms in total. The van der Waals surface area contributed by atoms with Crippen molar-refractivity contribution in [3.05, 3.63) is 35.3 Å². The van der Waals surface area contributed by atoms with Crippen LogP contribution < -0.4 is 10.2 Å². The number of carbonyl (C=O) groups excluding carboxylic acids is 1. The second-order valence-corrected chi connectivity index (χ2v) is 8.49. The van der Waals surface area contributed by atoms with Gasteiger partial charge in [-0.3, -0.25) is 9.89 Å². The Bertz CT molecular complexity index is 781. The fourth-order valence-electron chi connectivity index (χ4n) is 3.14. The first kappa shape index (κ1) is 17.0. The van der Waals surface area contributed by atoms with E-state index in [2.05, 4.69) is 63.5 Å². The highest BCUT2D eigenvalue weighted by atomic mass is 16.1. The molecular weight excluding hydrogens is 328 g/mol. The standard InChI is InChI=1S/C19H26N6O/c1-19(2,3)16-8-15(22-23-16)18(26)20-9-12-10-25(11-12)17-7-6-14(21-24-17)13-4-5-13/h6-8,12-13H,4-5,9-11H2,1-3H3,(H,20,26)(H,22,23). The molecule has 1 saturated carbocycles. The number of aromatic nitrogens is 4. The van der Waals surface area contributed by atoms with Crippen LogP contribution in [0.3, 0.4) is 0 Å². The number of nitrogens with one attached hydrogen (secondary N) is 2. The van der Waals surface area contributed by atoms with Gasteiger partial charge in [0.1, 0.15) is 5.69 Å². The number of nitrogens with zero attached hydrogens (tertiary/aromatic N) is 4. The van der Waals surface area contributed by atoms with Crippen molar-refractivity contribution in [3.8, 4) is 0 Å². The van der Waals surface area contributed by atoms with Crippen LogP contribution >= 0.6 is 0 Å². The summed E-state index contributed by atoms with van der Waals surface area (Å²) in [5, 5.41) is 18.7. The Morgan fingerprint density at radius 1 is 1.27 bits per heavy atom. The number of amides is 1. The van der Waals surface area contributed by atoms with E-state index >= 15 is 0 Å². The van der Waals surface area contributed by atoms with Crippen LogP contribution in [0.4, 0.5) is 5.82 Å². The van der Waals surface area contributed by atoms with E-state index in [0.717, 1.165) is 30.3 Å². The minimum absolute atomic E-state index is 0.0455. The molecule has 4 rings (SSSR count). The molecule has 1 aliphatic carbocycles. The Morgan fingerprint density at radius 2 is 2.04 bits per heavy atom. The van der Waals surface area contributed by atoms with E-state index in [1.54, 1.807) is 0 Å². The minimum Gasteiger partial charge on any atom is -0.354 e. The van der Waals surface area contributed by atoms with Gasteiger partial charge in [-0.2, -0.15) is 10.2 Å². The van der Waals surface area contributed by atoms with E-state index in [1.165, 1.54) is 12.8 Å². The predicted octanol–water partition coefficient (Wildman–Crippen LogP) is 2.24. The molecule has 2 aromatic heterocycles. The van der Waals surface area contributed by atoms with Crippen LogP contribution in [0.15, 0.2) is 18.2 Å². The van der Waals surface area contributed by atoms with Crippen molar-refractivity contribution >= 4 is 11.7 Å². The van der Waals surface area contributed by atoms with E-state index in [0.29, 0.717) is 24.1 Å². The first-order valence-electron chi connectivity index (χ1n) is 9.33. The molecule has 2 fully saturated rings. The lowest BCUT2D eigenvalue weighted by Gasteiger charge is -2.39. The van der Waals surface area contributed by atoms with Gasteiger partial charge < -0.3 is 10.2 Å². The molecule has 1 amide bonds. The van der Waals surface area contributed by atoms with Gasteiger partial charge in [0.05, 0.1) is 5.69 Å². The molecule has 0 radical (unpaired) electrons. The first-order valence-corrected chi connectivity index (χ1v) is 9.33. The van der Waals surface area contributed by atoms with Crippen molar-refractivity contribution in [1.82, 2.24) is 25.7 Å². The van der Waals surface area contributed by atoms with Gasteiger partial charge in [-0.15, -0.1) is 5.10 Å². The van der Waals surface area contributed by atoms with Crippen LogP contribution in [0, 0.1) is 5.92 Å². The lowest BCUT2D eigenvalue weighted by atomic mass is 9.92. The van der Waals surface area contributed by atoms with E-state index in [1.807, 2.05) is 6.07 Å². The quantitative estimate of drug-likeness (QED) is 0.860. The van der Waals surface area contributed by atoms with Crippen LogP contribution in [-0.4, -0.2) is 45.9 Å². The Kier molecular flexibility index (Phi) is 4.17. The van der Waals surface area contributed by atoms with Crippen LogP contribution in [0.5, 0.6) is 0 Å². The SMILES string of the molecule is CC(C)(C)c1cc(C(=O)NCC2CN(c3ccc(C4CC4)nn3)C2)n[nH]1. The zero-order chi connectivity index (χ0) is 18.3. The van der Waals surface area contributed by atoms with Gasteiger partial charge in [0.25, 0.3) is 5.91 Å². The highest BCUT2D eigenvalue weighted by Gasteiger charge is 2.30. The molecule has 2 aliphatic rings. The van der Waals surface area contributed by atoms with Crippen molar-refractivity contribution in [3.63, 3.8) is 0 Å². The summed E-state index contributed by atoms with van der Waals surface area (Å²) in [4.78, 5) is 14.5. The number of hydrogen-bond donors (Lipinski definition) is 2. The number of rotatable bonds is 5. The Hall–Kier alpha value is -2.44. The molecule has 0 bridgehead atoms. The van der Waals surface area contributed by atoms with Crippen molar-refractivity contribution in [2.75, 3.05) is 24.5 Å². The Labute approximate surface area is 153 Å². The van der Waals surface area contributed by atoms with E-state index in [-0.39, 0.29) is 11.3 Å². The van der Waals surface area contributed by atoms with E-state index < -0.39 is 0 Å². The van der Waals surface area contributed by atoms with E-state index in [4.69, 9.17) is 0 Å². The number of anilines is 1. The molecule has 138 valence electrons. The molecule has 0 atom stereocenters. The van der Waals surface area contributed by atoms with Crippen molar-refractivity contribution in [2.45, 2.75) is 44.9 Å². The molecule has 0 spiro atoms. The van der Waals surface area contributed by atoms with Gasteiger partial charge in [-0.25, -0.2) is 0 Å². The smallest absolute Gasteiger partial charge is 0.271 e. The Morgan fingerprint density at radius 3 is 2.62 bits per heavy atom. The summed E-state index contributed by atoms with van der Waals surface area (Å²) >= 11 is 0. The van der Waals surface area contributed by atoms with Gasteiger partial charge in [0.2, 0.25) is 0 Å². The highest BCUT2D eigenvalue weighted by molar-refractivity contribution is 5.92. The number of H-pyrrole nitrogens is 1. The van der Waals surface area contributed by atoms with Gasteiger partial charge in [-0.1, -0.05) is 20.8 Å². The van der Waals surface area contributed by atoms with Gasteiger partial charge in [-0.05, 0) is 31.0 Å². The van der Waals surface area contributed by atoms with Crippen molar-refractivity contribution < 1.29 is 4.79 Å². The van der Waals surface area contributed by atoms with Gasteiger partial charge >= 0.3 is 0 Å². The lowest BCUT2D eigenvalue weighted by molar-refractivity contribution is 0.0939. The molecule has 7 heteroatoms. The van der Waals surface area contributed by atoms with Crippen LogP contribution in [0.1, 0.15) is 61.4 Å². The molecule has 3 heterocycles. The number of aromatic amines is 1. The fourth-order valence-corrected chi connectivity index (χ4v) is 3.14. The first-order chi connectivity index (χ1) is 12.4. The third-order valence-corrected chi connectivity index (χ3v) is 5.12. The Balaban J connectivity index is 1.24. The maximum atomic E-state index is 12.3. The maximum absolute atomic E-state index is 12.3. The normalized spacial score (nSPS) is 17.9. The summed E-state index contributed by atoms with van der Waals surface area (Å²) in [6.07, 6.45) is 2.49. The van der Waals surface area contributed by atoms with E-state index in [9.17, 15) is 4.79 Å². The third-order valence-electron chi connectivity index (χ3n) is 5.12. The lowest BCUT2D eigenvalue weighted by Crippen LogP contribution is -2.52. The molecular formula is C19H26N6O. The average Bonchev–Trinajstić information content (AvgIpc) is 3.28. The predicted molar refractivity (Wildman–Crippen MR) is 99.3 cm³/mol. The van der Waals surface area contributed by atoms with Gasteiger partial charge in [0.15, 0.2) is 5.82 Å². The summed E-state index contributed by atoms with van der Waals surface area (Å²) < 4.78 is 0. The minimum atomic E-state index is -0.122. The largest absolute Gasteiger partial charge is 0.354 e. The molecule has 1 saturated heterocycles. The summed E-state index contributed by atoms with van der Waals surface area (Å²) in [6.45, 7) is 8.71. The molecule has 0 unspecified atom stereocenters. The molecule has 2 N–H and O–H groups in total. The van der Waals surface area contributed by atoms with Crippen molar-refractivity contribution in [2.24, 2.45) is 5.92 Å². The molecule has 0 aromatic carbocycles. The second-order valence-electron chi connectivity index (χ2n) is 8.49. The monoisotopic (exact) mass is 354 g/mol. The zero-order valence-corrected chi connectivity index (χ0v) is 15.6. The topological polar surface area (TPSA) is 86.8 Å².